The van der Waals surface area contributed by atoms with E-state index in [4.69, 9.17) is 0 Å². The van der Waals surface area contributed by atoms with Gasteiger partial charge in [0.15, 0.2) is 5.75 Å². The van der Waals surface area contributed by atoms with Gasteiger partial charge in [-0.25, -0.2) is 4.98 Å². The summed E-state index contributed by atoms with van der Waals surface area (Å²) in [5.41, 5.74) is 5.41. The van der Waals surface area contributed by atoms with Gasteiger partial charge in [-0.3, -0.25) is 4.79 Å². The lowest BCUT2D eigenvalue weighted by Gasteiger charge is -2.26. The van der Waals surface area contributed by atoms with Crippen LogP contribution in [-0.4, -0.2) is 22.1 Å². The quantitative estimate of drug-likeness (QED) is 0.250. The largest absolute Gasteiger partial charge is 0.504 e. The molecule has 7 heteroatoms. The smallest absolute Gasteiger partial charge is 0.266 e. The van der Waals surface area contributed by atoms with Gasteiger partial charge in [-0.15, -0.1) is 0 Å². The zero-order valence-electron chi connectivity index (χ0n) is 20.9. The number of para-hydroxylation sites is 1. The maximum Gasteiger partial charge on any atom is 0.266 e. The van der Waals surface area contributed by atoms with Crippen molar-refractivity contribution in [2.45, 2.75) is 49.8 Å². The summed E-state index contributed by atoms with van der Waals surface area (Å²) in [5, 5.41) is 11.4. The van der Waals surface area contributed by atoms with E-state index in [1.807, 2.05) is 67.4 Å². The van der Waals surface area contributed by atoms with Crippen LogP contribution in [0.25, 0.3) is 11.1 Å². The highest BCUT2D eigenvalue weighted by Crippen LogP contribution is 2.42. The number of aromatic hydroxyl groups is 1. The van der Waals surface area contributed by atoms with Crippen LogP contribution in [-0.2, 0) is 6.42 Å². The van der Waals surface area contributed by atoms with Crippen LogP contribution >= 0.6 is 11.8 Å². The summed E-state index contributed by atoms with van der Waals surface area (Å²) in [6, 6.07) is 18.6. The minimum absolute atomic E-state index is 0.0248. The summed E-state index contributed by atoms with van der Waals surface area (Å²) >= 11 is 1.22. The van der Waals surface area contributed by atoms with E-state index in [1.165, 1.54) is 17.8 Å². The van der Waals surface area contributed by atoms with Crippen molar-refractivity contribution < 1.29 is 9.50 Å². The van der Waals surface area contributed by atoms with Gasteiger partial charge < -0.3 is 15.0 Å². The molecule has 2 aromatic carbocycles. The molecule has 0 saturated heterocycles. The van der Waals surface area contributed by atoms with Gasteiger partial charge in [0.1, 0.15) is 10.6 Å². The molecule has 0 spiro atoms. The second kappa shape index (κ2) is 11.0. The third-order valence-electron chi connectivity index (χ3n) is 6.23. The molecule has 0 fully saturated rings. The molecule has 0 atom stereocenters. The molecular formula is C29H30FN3O2S. The van der Waals surface area contributed by atoms with Crippen molar-refractivity contribution in [2.24, 2.45) is 0 Å². The molecule has 0 amide bonds. The topological polar surface area (TPSA) is 69.2 Å². The van der Waals surface area contributed by atoms with E-state index in [0.29, 0.717) is 17.8 Å². The van der Waals surface area contributed by atoms with E-state index in [0.717, 1.165) is 45.8 Å². The highest BCUT2D eigenvalue weighted by molar-refractivity contribution is 7.99. The summed E-state index contributed by atoms with van der Waals surface area (Å²) in [6.45, 7) is 5.89. The number of rotatable bonds is 8. The average molecular weight is 504 g/mol. The molecule has 186 valence electrons. The van der Waals surface area contributed by atoms with Gasteiger partial charge in [-0.05, 0) is 68.1 Å². The summed E-state index contributed by atoms with van der Waals surface area (Å²) in [6.07, 6.45) is 2.54. The second-order valence-corrected chi connectivity index (χ2v) is 9.89. The zero-order chi connectivity index (χ0) is 25.8. The van der Waals surface area contributed by atoms with E-state index in [1.54, 1.807) is 13.0 Å². The van der Waals surface area contributed by atoms with Crippen LogP contribution in [0.2, 0.25) is 0 Å². The number of aryl methyl sites for hydroxylation is 3. The van der Waals surface area contributed by atoms with Crippen molar-refractivity contribution in [3.63, 3.8) is 0 Å². The van der Waals surface area contributed by atoms with Gasteiger partial charge >= 0.3 is 0 Å². The van der Waals surface area contributed by atoms with E-state index in [-0.39, 0.29) is 16.2 Å². The number of hydrogen-bond acceptors (Lipinski definition) is 5. The molecule has 4 rings (SSSR count). The molecule has 0 aliphatic rings. The van der Waals surface area contributed by atoms with Crippen molar-refractivity contribution in [1.29, 1.82) is 0 Å². The first-order valence-corrected chi connectivity index (χ1v) is 12.8. The standard InChI is InChI=1S/C29H30FN3O2S/c1-5-6-10-23-26(33(4)24-11-8-7-9-18(24)2)27(34)28(29(35)32-23)36-21-14-12-20(13-15-21)22-16-17-25(30)31-19(22)3/h7-9,11-17H,5-6,10H2,1-4H3,(H2,32,34,35). The number of anilines is 2. The Labute approximate surface area is 215 Å². The zero-order valence-corrected chi connectivity index (χ0v) is 21.7. The van der Waals surface area contributed by atoms with Crippen molar-refractivity contribution in [1.82, 2.24) is 9.97 Å². The number of H-pyrrole nitrogens is 1. The lowest BCUT2D eigenvalue weighted by molar-refractivity contribution is 0.459. The number of nitrogens with one attached hydrogen (secondary N) is 1. The Morgan fingerprint density at radius 3 is 2.44 bits per heavy atom. The third-order valence-corrected chi connectivity index (χ3v) is 7.32. The van der Waals surface area contributed by atoms with Crippen molar-refractivity contribution in [2.75, 3.05) is 11.9 Å². The second-order valence-electron chi connectivity index (χ2n) is 8.80. The molecule has 2 N–H and O–H groups in total. The molecule has 0 saturated carbocycles. The Morgan fingerprint density at radius 2 is 1.78 bits per heavy atom. The minimum Gasteiger partial charge on any atom is -0.504 e. The highest BCUT2D eigenvalue weighted by Gasteiger charge is 2.22. The Kier molecular flexibility index (Phi) is 7.79. The summed E-state index contributed by atoms with van der Waals surface area (Å²) < 4.78 is 13.4. The van der Waals surface area contributed by atoms with Crippen LogP contribution in [0.15, 0.2) is 75.2 Å². The molecule has 2 heterocycles. The summed E-state index contributed by atoms with van der Waals surface area (Å²) in [4.78, 5) is 23.0. The van der Waals surface area contributed by atoms with Gasteiger partial charge in [0.25, 0.3) is 5.56 Å². The number of nitrogens with zero attached hydrogens (tertiary/aromatic N) is 2. The van der Waals surface area contributed by atoms with Crippen LogP contribution in [0.5, 0.6) is 5.75 Å². The third kappa shape index (κ3) is 5.31. The first kappa shape index (κ1) is 25.5. The van der Waals surface area contributed by atoms with Gasteiger partial charge in [0.2, 0.25) is 5.95 Å². The van der Waals surface area contributed by atoms with E-state index in [9.17, 15) is 14.3 Å². The normalized spacial score (nSPS) is 11.0. The molecule has 0 aliphatic carbocycles. The lowest BCUT2D eigenvalue weighted by Crippen LogP contribution is -2.20. The fraction of sp³-hybridized carbons (Fsp3) is 0.241. The molecule has 0 aliphatic heterocycles. The Balaban J connectivity index is 1.72. The first-order chi connectivity index (χ1) is 17.3. The number of aromatic amines is 1. The van der Waals surface area contributed by atoms with Crippen LogP contribution in [0.4, 0.5) is 15.8 Å². The molecule has 0 bridgehead atoms. The Bertz CT molecular complexity index is 1430. The lowest BCUT2D eigenvalue weighted by atomic mass is 10.1. The van der Waals surface area contributed by atoms with Gasteiger partial charge in [0.05, 0.1) is 0 Å². The van der Waals surface area contributed by atoms with Crippen LogP contribution in [0, 0.1) is 19.8 Å². The van der Waals surface area contributed by atoms with Crippen molar-refractivity contribution >= 4 is 23.1 Å². The number of pyridine rings is 2. The molecular weight excluding hydrogens is 473 g/mol. The molecule has 0 unspecified atom stereocenters. The number of benzene rings is 2. The number of unbranched alkanes of at least 4 members (excludes halogenated alkanes) is 1. The maximum absolute atomic E-state index is 13.4. The maximum atomic E-state index is 13.4. The fourth-order valence-corrected chi connectivity index (χ4v) is 5.16. The van der Waals surface area contributed by atoms with Crippen molar-refractivity contribution in [3.05, 3.63) is 93.9 Å². The fourth-order valence-electron chi connectivity index (χ4n) is 4.32. The Hall–Kier alpha value is -3.58. The predicted octanol–water partition coefficient (Wildman–Crippen LogP) is 7.16. The molecule has 36 heavy (non-hydrogen) atoms. The summed E-state index contributed by atoms with van der Waals surface area (Å²) in [5.74, 6) is -0.532. The predicted molar refractivity (Wildman–Crippen MR) is 145 cm³/mol. The monoisotopic (exact) mass is 503 g/mol. The van der Waals surface area contributed by atoms with Gasteiger partial charge in [-0.1, -0.05) is 55.4 Å². The van der Waals surface area contributed by atoms with Crippen LogP contribution in [0.3, 0.4) is 0 Å². The van der Waals surface area contributed by atoms with Gasteiger partial charge in [-0.2, -0.15) is 4.39 Å². The number of halogens is 1. The van der Waals surface area contributed by atoms with Gasteiger partial charge in [0, 0.05) is 34.6 Å². The van der Waals surface area contributed by atoms with Crippen molar-refractivity contribution in [3.8, 4) is 16.9 Å². The average Bonchev–Trinajstić information content (AvgIpc) is 2.85. The van der Waals surface area contributed by atoms with Crippen LogP contribution in [0.1, 0.15) is 36.7 Å². The molecule has 2 aromatic heterocycles. The molecule has 5 nitrogen and oxygen atoms in total. The molecule has 4 aromatic rings. The Morgan fingerprint density at radius 1 is 1.06 bits per heavy atom. The summed E-state index contributed by atoms with van der Waals surface area (Å²) in [7, 11) is 1.91. The van der Waals surface area contributed by atoms with Crippen LogP contribution < -0.4 is 10.5 Å². The first-order valence-electron chi connectivity index (χ1n) is 12.0. The minimum atomic E-state index is -0.507. The van der Waals surface area contributed by atoms with E-state index < -0.39 is 5.95 Å². The van der Waals surface area contributed by atoms with E-state index >= 15 is 0 Å². The van der Waals surface area contributed by atoms with E-state index in [2.05, 4.69) is 16.9 Å². The molecule has 0 radical (unpaired) electrons. The number of aromatic nitrogens is 2. The SMILES string of the molecule is CCCCc1[nH]c(=O)c(Sc2ccc(-c3ccc(F)nc3C)cc2)c(O)c1N(C)c1ccccc1C. The highest BCUT2D eigenvalue weighted by atomic mass is 32.2. The number of hydrogen-bond donors (Lipinski definition) is 2.